The summed E-state index contributed by atoms with van der Waals surface area (Å²) in [5, 5.41) is 12.0. The maximum absolute atomic E-state index is 15.2. The van der Waals surface area contributed by atoms with Gasteiger partial charge in [0.15, 0.2) is 46.3 Å². The van der Waals surface area contributed by atoms with Crippen LogP contribution in [0.5, 0.6) is 23.0 Å². The minimum absolute atomic E-state index is 0.0214. The fraction of sp³-hybridized carbons (Fsp3) is 0.222. The number of likely N-dealkylation sites (N-methyl/N-ethyl adjacent to an activating group) is 1. The minimum atomic E-state index is -1.22. The molecule has 19 heteroatoms. The van der Waals surface area contributed by atoms with Crippen LogP contribution in [0.1, 0.15) is 26.3 Å². The van der Waals surface area contributed by atoms with E-state index in [4.69, 9.17) is 18.9 Å². The van der Waals surface area contributed by atoms with Crippen LogP contribution in [0.3, 0.4) is 0 Å². The molecule has 1 aliphatic heterocycles. The summed E-state index contributed by atoms with van der Waals surface area (Å²) in [4.78, 5) is 50.3. The summed E-state index contributed by atoms with van der Waals surface area (Å²) in [5.74, 6) is -5.86. The maximum Gasteiger partial charge on any atom is 0.337 e. The first-order chi connectivity index (χ1) is 30.9. The lowest BCUT2D eigenvalue weighted by molar-refractivity contribution is 0.0698. The van der Waals surface area contributed by atoms with E-state index in [2.05, 4.69) is 47.1 Å². The number of ether oxygens (including phenoxy) is 4. The van der Waals surface area contributed by atoms with Crippen molar-refractivity contribution in [2.75, 3.05) is 67.0 Å². The highest BCUT2D eigenvalue weighted by molar-refractivity contribution is 6.13. The summed E-state index contributed by atoms with van der Waals surface area (Å²) < 4.78 is 80.0. The average molecular weight is 881 g/mol. The summed E-state index contributed by atoms with van der Waals surface area (Å²) in [7, 11) is 7.15. The van der Waals surface area contributed by atoms with Gasteiger partial charge in [-0.3, -0.25) is 29.6 Å². The number of carbonyl (C=O) groups excluding carboxylic acids is 1. The zero-order chi connectivity index (χ0) is 45.7. The number of aromatic carboxylic acids is 1. The van der Waals surface area contributed by atoms with Gasteiger partial charge in [0.05, 0.1) is 61.7 Å². The van der Waals surface area contributed by atoms with Gasteiger partial charge in [-0.1, -0.05) is 18.2 Å². The largest absolute Gasteiger partial charge is 0.494 e. The van der Waals surface area contributed by atoms with Crippen LogP contribution in [0, 0.1) is 23.3 Å². The lowest BCUT2D eigenvalue weighted by Crippen LogP contribution is -2.43. The number of rotatable bonds is 11. The Morgan fingerprint density at radius 3 is 1.47 bits per heavy atom. The molecular weight excluding hydrogens is 841 g/mol. The van der Waals surface area contributed by atoms with Gasteiger partial charge in [0, 0.05) is 87.0 Å². The molecule has 0 aliphatic carbocycles. The fourth-order valence-corrected chi connectivity index (χ4v) is 7.16. The Morgan fingerprint density at radius 2 is 1.05 bits per heavy atom. The Hall–Kier alpha value is -7.51. The SMILES string of the molecule is COc1cc(OC)c(F)c(-c2ccc(C(=O)Nc3ccc(CN4CCN(C)CC4)cn3)c3nccnc23)c1F.COc1cc(OC)c(F)c(-c2ccc(C(=O)O)c3nccnc23)c1F. The van der Waals surface area contributed by atoms with Gasteiger partial charge in [0.1, 0.15) is 16.9 Å². The number of nitrogens with zero attached hydrogens (tertiary/aromatic N) is 7. The summed E-state index contributed by atoms with van der Waals surface area (Å²) in [5.41, 5.74) is 0.838. The van der Waals surface area contributed by atoms with Crippen molar-refractivity contribution in [3.63, 3.8) is 0 Å². The standard InChI is InChI=1S/C28H28F2N6O3.C17H12F2N2O4/c1-35-10-12-36(13-11-35)16-17-4-7-22(33-15-17)34-28(37)19-6-5-18(26-27(19)32-9-8-31-26)23-24(29)20(38-2)14-21(39-3)25(23)30;1-24-10-7-11(25-2)14(19)12(13(10)18)8-3-4-9(17(22)23)16-15(8)20-5-6-21-16/h4-9,14-15H,10-13,16H2,1-3H3,(H,33,34,37);3-7H,1-2H3,(H,22,23). The number of aromatic nitrogens is 5. The quantitative estimate of drug-likeness (QED) is 0.124. The van der Waals surface area contributed by atoms with Crippen molar-refractivity contribution in [2.24, 2.45) is 0 Å². The highest BCUT2D eigenvalue weighted by Gasteiger charge is 2.27. The Kier molecular flexibility index (Phi) is 13.4. The van der Waals surface area contributed by atoms with Crippen molar-refractivity contribution < 1.29 is 51.2 Å². The third-order valence-corrected chi connectivity index (χ3v) is 10.5. The number of carboxylic acids is 1. The number of methoxy groups -OCH3 is 4. The smallest absolute Gasteiger partial charge is 0.337 e. The molecule has 8 rings (SSSR count). The number of hydrogen-bond donors (Lipinski definition) is 2. The van der Waals surface area contributed by atoms with Gasteiger partial charge in [-0.15, -0.1) is 0 Å². The molecule has 3 aromatic heterocycles. The second-order valence-corrected chi connectivity index (χ2v) is 14.3. The molecule has 330 valence electrons. The van der Waals surface area contributed by atoms with Gasteiger partial charge in [-0.2, -0.15) is 0 Å². The van der Waals surface area contributed by atoms with E-state index in [1.807, 2.05) is 6.07 Å². The molecule has 15 nitrogen and oxygen atoms in total. The second-order valence-electron chi connectivity index (χ2n) is 14.3. The lowest BCUT2D eigenvalue weighted by Gasteiger charge is -2.32. The van der Waals surface area contributed by atoms with E-state index in [1.54, 1.807) is 12.3 Å². The van der Waals surface area contributed by atoms with E-state index in [9.17, 15) is 23.5 Å². The van der Waals surface area contributed by atoms with Crippen LogP contribution in [0.4, 0.5) is 23.4 Å². The molecular formula is C45H40F4N8O7. The monoisotopic (exact) mass is 880 g/mol. The Labute approximate surface area is 363 Å². The molecule has 0 atom stereocenters. The van der Waals surface area contributed by atoms with Crippen LogP contribution in [0.15, 0.2) is 79.5 Å². The van der Waals surface area contributed by atoms with Crippen molar-refractivity contribution in [3.8, 4) is 45.3 Å². The van der Waals surface area contributed by atoms with E-state index < -0.39 is 40.7 Å². The molecule has 4 heterocycles. The third kappa shape index (κ3) is 8.88. The highest BCUT2D eigenvalue weighted by atomic mass is 19.1. The molecule has 1 amide bonds. The van der Waals surface area contributed by atoms with E-state index in [-0.39, 0.29) is 72.9 Å². The molecule has 7 aromatic rings. The highest BCUT2D eigenvalue weighted by Crippen LogP contribution is 2.41. The first kappa shape index (κ1) is 44.5. The van der Waals surface area contributed by atoms with E-state index in [0.717, 1.165) is 50.4 Å². The van der Waals surface area contributed by atoms with Gasteiger partial charge < -0.3 is 34.3 Å². The molecule has 4 aromatic carbocycles. The van der Waals surface area contributed by atoms with Crippen LogP contribution in [-0.4, -0.2) is 113 Å². The summed E-state index contributed by atoms with van der Waals surface area (Å²) in [6.07, 6.45) is 7.16. The summed E-state index contributed by atoms with van der Waals surface area (Å²) in [6.45, 7) is 4.84. The molecule has 0 unspecified atom stereocenters. The maximum atomic E-state index is 15.2. The number of benzene rings is 4. The summed E-state index contributed by atoms with van der Waals surface area (Å²) in [6, 6.07) is 11.3. The zero-order valence-corrected chi connectivity index (χ0v) is 35.1. The van der Waals surface area contributed by atoms with Gasteiger partial charge in [0.2, 0.25) is 0 Å². The summed E-state index contributed by atoms with van der Waals surface area (Å²) >= 11 is 0. The van der Waals surface area contributed by atoms with E-state index in [1.165, 1.54) is 77.5 Å². The van der Waals surface area contributed by atoms with Gasteiger partial charge in [-0.05, 0) is 30.8 Å². The fourth-order valence-electron chi connectivity index (χ4n) is 7.16. The van der Waals surface area contributed by atoms with Crippen molar-refractivity contribution >= 4 is 39.8 Å². The molecule has 1 aliphatic rings. The number of carbonyl (C=O) groups is 2. The van der Waals surface area contributed by atoms with Crippen molar-refractivity contribution in [1.29, 1.82) is 0 Å². The number of carboxylic acid groups (broad SMARTS) is 1. The predicted octanol–water partition coefficient (Wildman–Crippen LogP) is 7.28. The normalized spacial score (nSPS) is 13.0. The van der Waals surface area contributed by atoms with Gasteiger partial charge >= 0.3 is 5.97 Å². The molecule has 1 saturated heterocycles. The Balaban J connectivity index is 0.000000211. The number of nitrogens with one attached hydrogen (secondary N) is 1. The van der Waals surface area contributed by atoms with Crippen molar-refractivity contribution in [3.05, 3.63) is 119 Å². The minimum Gasteiger partial charge on any atom is -0.494 e. The molecule has 2 N–H and O–H groups in total. The van der Waals surface area contributed by atoms with Crippen molar-refractivity contribution in [1.82, 2.24) is 34.7 Å². The average Bonchev–Trinajstić information content (AvgIpc) is 3.30. The lowest BCUT2D eigenvalue weighted by atomic mass is 9.98. The number of pyridine rings is 1. The molecule has 0 bridgehead atoms. The van der Waals surface area contributed by atoms with Gasteiger partial charge in [-0.25, -0.2) is 27.3 Å². The van der Waals surface area contributed by atoms with Crippen LogP contribution in [-0.2, 0) is 6.54 Å². The molecule has 0 saturated carbocycles. The van der Waals surface area contributed by atoms with E-state index >= 15 is 8.78 Å². The topological polar surface area (TPSA) is 174 Å². The van der Waals surface area contributed by atoms with Crippen molar-refractivity contribution in [2.45, 2.75) is 6.54 Å². The Morgan fingerprint density at radius 1 is 0.609 bits per heavy atom. The van der Waals surface area contributed by atoms with Crippen LogP contribution >= 0.6 is 0 Å². The Bertz CT molecular complexity index is 2830. The zero-order valence-electron chi connectivity index (χ0n) is 35.1. The van der Waals surface area contributed by atoms with Crippen LogP contribution < -0.4 is 24.3 Å². The molecule has 1 fully saturated rings. The van der Waals surface area contributed by atoms with Crippen LogP contribution in [0.2, 0.25) is 0 Å². The molecule has 0 spiro atoms. The predicted molar refractivity (Wildman–Crippen MR) is 228 cm³/mol. The molecule has 64 heavy (non-hydrogen) atoms. The number of halogens is 4. The van der Waals surface area contributed by atoms with Crippen LogP contribution in [0.25, 0.3) is 44.3 Å². The second kappa shape index (κ2) is 19.3. The number of anilines is 1. The number of fused-ring (bicyclic) bond motifs is 2. The molecule has 0 radical (unpaired) electrons. The first-order valence-corrected chi connectivity index (χ1v) is 19.5. The number of hydrogen-bond acceptors (Lipinski definition) is 13. The number of piperazine rings is 1. The number of amides is 1. The first-order valence-electron chi connectivity index (χ1n) is 19.5. The van der Waals surface area contributed by atoms with Gasteiger partial charge in [0.25, 0.3) is 5.91 Å². The van der Waals surface area contributed by atoms with E-state index in [0.29, 0.717) is 5.82 Å². The third-order valence-electron chi connectivity index (χ3n) is 10.5.